The monoisotopic (exact) mass is 572 g/mol. The molecule has 1 aromatic rings. The van der Waals surface area contributed by atoms with Gasteiger partial charge in [0.2, 0.25) is 0 Å². The Bertz CT molecular complexity index is 1050. The Morgan fingerprint density at radius 1 is 1.10 bits per heavy atom. The number of rotatable bonds is 8. The van der Waals surface area contributed by atoms with Gasteiger partial charge in [-0.15, -0.1) is 13.2 Å². The number of benzene rings is 1. The molecule has 9 N–H and O–H groups in total. The maximum Gasteiger partial charge on any atom is 0.573 e. The highest BCUT2D eigenvalue weighted by atomic mass is 19.4. The van der Waals surface area contributed by atoms with E-state index in [2.05, 4.69) is 36.2 Å². The molecular formula is C25H39F3N8O4. The third-order valence-corrected chi connectivity index (χ3v) is 8.96. The van der Waals surface area contributed by atoms with E-state index in [1.54, 1.807) is 6.07 Å². The predicted octanol–water partition coefficient (Wildman–Crippen LogP) is -0.321. The Hall–Kier alpha value is -1.95. The van der Waals surface area contributed by atoms with Crippen molar-refractivity contribution in [1.82, 2.24) is 25.8 Å². The summed E-state index contributed by atoms with van der Waals surface area (Å²) in [5.74, 6) is 0.300. The second kappa shape index (κ2) is 11.0. The number of fused-ring (bicyclic) bond motifs is 2. The summed E-state index contributed by atoms with van der Waals surface area (Å²) in [6.45, 7) is 1.56. The molecule has 224 valence electrons. The minimum Gasteiger partial charge on any atom is -0.406 e. The van der Waals surface area contributed by atoms with E-state index >= 15 is 0 Å². The highest BCUT2D eigenvalue weighted by Crippen LogP contribution is 2.39. The Balaban J connectivity index is 0.931. The van der Waals surface area contributed by atoms with Gasteiger partial charge in [0.05, 0.1) is 42.6 Å². The Morgan fingerprint density at radius 2 is 1.88 bits per heavy atom. The zero-order chi connectivity index (χ0) is 28.2. The first-order valence-electron chi connectivity index (χ1n) is 13.9. The average molecular weight is 573 g/mol. The summed E-state index contributed by atoms with van der Waals surface area (Å²) in [6.07, 6.45) is -4.36. The number of likely N-dealkylation sites (N-methyl/N-ethyl adjacent to an activating group) is 1. The molecule has 0 bridgehead atoms. The molecule has 0 aromatic heterocycles. The van der Waals surface area contributed by atoms with Crippen molar-refractivity contribution in [3.63, 3.8) is 0 Å². The smallest absolute Gasteiger partial charge is 0.406 e. The number of aliphatic hydroxyl groups is 2. The van der Waals surface area contributed by atoms with E-state index in [4.69, 9.17) is 10.5 Å². The third kappa shape index (κ3) is 5.71. The second-order valence-corrected chi connectivity index (χ2v) is 11.6. The van der Waals surface area contributed by atoms with Gasteiger partial charge in [-0.1, -0.05) is 0 Å². The van der Waals surface area contributed by atoms with Crippen molar-refractivity contribution in [2.45, 2.75) is 87.2 Å². The Kier molecular flexibility index (Phi) is 7.78. The number of halogens is 3. The van der Waals surface area contributed by atoms with Gasteiger partial charge in [0, 0.05) is 25.3 Å². The number of nitrogens with zero attached hydrogens (tertiary/aromatic N) is 2. The van der Waals surface area contributed by atoms with Gasteiger partial charge in [-0.2, -0.15) is 0 Å². The minimum absolute atomic E-state index is 0.0278. The molecule has 4 unspecified atom stereocenters. The first-order chi connectivity index (χ1) is 19.1. The number of alkyl halides is 3. The minimum atomic E-state index is -4.72. The first kappa shape index (κ1) is 28.2. The average Bonchev–Trinajstić information content (AvgIpc) is 3.54. The molecule has 1 aromatic carbocycles. The van der Waals surface area contributed by atoms with E-state index in [1.165, 1.54) is 12.1 Å². The highest BCUT2D eigenvalue weighted by molar-refractivity contribution is 5.75. The number of nitrogens with one attached hydrogen (secondary N) is 5. The van der Waals surface area contributed by atoms with Crippen molar-refractivity contribution in [2.24, 2.45) is 11.7 Å². The quantitative estimate of drug-likeness (QED) is 0.206. The zero-order valence-corrected chi connectivity index (χ0v) is 22.3. The summed E-state index contributed by atoms with van der Waals surface area (Å²) in [4.78, 5) is 4.19. The maximum atomic E-state index is 12.5. The molecule has 5 aliphatic rings. The predicted molar refractivity (Wildman–Crippen MR) is 140 cm³/mol. The Labute approximate surface area is 230 Å². The lowest BCUT2D eigenvalue weighted by Gasteiger charge is -2.42. The van der Waals surface area contributed by atoms with Gasteiger partial charge in [-0.25, -0.2) is 4.90 Å². The van der Waals surface area contributed by atoms with E-state index in [1.807, 2.05) is 11.9 Å². The number of hydrogen-bond acceptors (Lipinski definition) is 12. The zero-order valence-electron chi connectivity index (χ0n) is 22.3. The van der Waals surface area contributed by atoms with Crippen LogP contribution >= 0.6 is 0 Å². The molecule has 4 heterocycles. The molecule has 40 heavy (non-hydrogen) atoms. The molecule has 8 atom stereocenters. The van der Waals surface area contributed by atoms with Crippen molar-refractivity contribution in [2.75, 3.05) is 37.6 Å². The van der Waals surface area contributed by atoms with Crippen molar-refractivity contribution < 1.29 is 32.9 Å². The molecule has 0 spiro atoms. The van der Waals surface area contributed by atoms with E-state index in [-0.39, 0.29) is 30.3 Å². The second-order valence-electron chi connectivity index (χ2n) is 11.6. The normalized spacial score (nSPS) is 39.4. The van der Waals surface area contributed by atoms with Crippen LogP contribution in [0.5, 0.6) is 5.75 Å². The maximum absolute atomic E-state index is 12.5. The van der Waals surface area contributed by atoms with Crippen LogP contribution in [0.25, 0.3) is 0 Å². The molecule has 4 aliphatic heterocycles. The van der Waals surface area contributed by atoms with Crippen molar-refractivity contribution in [3.05, 3.63) is 18.2 Å². The van der Waals surface area contributed by atoms with E-state index in [0.29, 0.717) is 37.5 Å². The summed E-state index contributed by atoms with van der Waals surface area (Å²) >= 11 is 0. The summed E-state index contributed by atoms with van der Waals surface area (Å²) in [7, 11) is 2.02. The lowest BCUT2D eigenvalue weighted by atomic mass is 9.76. The number of ether oxygens (including phenoxy) is 2. The van der Waals surface area contributed by atoms with Crippen LogP contribution in [0.1, 0.15) is 25.7 Å². The van der Waals surface area contributed by atoms with Gasteiger partial charge in [-0.3, -0.25) is 16.0 Å². The van der Waals surface area contributed by atoms with Crippen LogP contribution in [-0.2, 0) is 4.74 Å². The topological polar surface area (TPSA) is 152 Å². The molecule has 6 rings (SSSR count). The standard InChI is InChI=1S/C25H39F3N8O4/c1-35(9-17-20(37)21(38)24(39-17)36-11-32-19-22(29)30-10-31-23(19)36)13-6-12(7-13)2-5-18-33-15-4-3-14(8-16(15)34-18)40-25(26,27)28/h3-4,8,12-13,17-24,30-34,37-38H,2,5-7,9-11,29H2,1H3/t12-,13-,17-,18?,19?,20-,21-,22?,23?,24-/m1/s1. The molecule has 15 heteroatoms. The SMILES string of the molecule is CN(C[C@H]1O[C@@H](N2CNC3C(N)NCNC32)[C@H](O)[C@@H]1O)[C@H]1C[C@H](CCC2Nc3ccc(OC(F)(F)F)cc3N2)C1. The number of anilines is 2. The summed E-state index contributed by atoms with van der Waals surface area (Å²) in [6, 6.07) is 4.60. The molecule has 1 saturated carbocycles. The number of hydrogen-bond donors (Lipinski definition) is 8. The van der Waals surface area contributed by atoms with Crippen LogP contribution in [0, 0.1) is 5.92 Å². The molecule has 0 amide bonds. The lowest BCUT2D eigenvalue weighted by Crippen LogP contribution is -2.68. The molecule has 3 saturated heterocycles. The van der Waals surface area contributed by atoms with Gasteiger partial charge in [0.1, 0.15) is 30.3 Å². The van der Waals surface area contributed by atoms with E-state index in [0.717, 1.165) is 31.4 Å². The van der Waals surface area contributed by atoms with Crippen LogP contribution in [0.3, 0.4) is 0 Å². The fraction of sp³-hybridized carbons (Fsp3) is 0.760. The largest absolute Gasteiger partial charge is 0.573 e. The number of aliphatic hydroxyl groups excluding tert-OH is 2. The van der Waals surface area contributed by atoms with Crippen LogP contribution in [0.15, 0.2) is 18.2 Å². The van der Waals surface area contributed by atoms with Gasteiger partial charge >= 0.3 is 6.36 Å². The van der Waals surface area contributed by atoms with Crippen LogP contribution < -0.4 is 37.1 Å². The summed E-state index contributed by atoms with van der Waals surface area (Å²) in [5, 5.41) is 38.0. The third-order valence-electron chi connectivity index (χ3n) is 8.96. The highest BCUT2D eigenvalue weighted by Gasteiger charge is 2.52. The Morgan fingerprint density at radius 3 is 2.65 bits per heavy atom. The summed E-state index contributed by atoms with van der Waals surface area (Å²) < 4.78 is 47.7. The molecule has 12 nitrogen and oxygen atoms in total. The van der Waals surface area contributed by atoms with Crippen LogP contribution in [-0.4, -0.2) is 108 Å². The van der Waals surface area contributed by atoms with Crippen molar-refractivity contribution >= 4 is 11.4 Å². The van der Waals surface area contributed by atoms with Crippen molar-refractivity contribution in [3.8, 4) is 5.75 Å². The number of nitrogens with two attached hydrogens (primary N) is 1. The van der Waals surface area contributed by atoms with Gasteiger partial charge in [0.25, 0.3) is 0 Å². The molecule has 4 fully saturated rings. The molecule has 0 radical (unpaired) electrons. The van der Waals surface area contributed by atoms with Gasteiger partial charge in [0.15, 0.2) is 0 Å². The first-order valence-corrected chi connectivity index (χ1v) is 13.9. The fourth-order valence-electron chi connectivity index (χ4n) is 6.66. The summed E-state index contributed by atoms with van der Waals surface area (Å²) in [5.41, 5.74) is 7.53. The fourth-order valence-corrected chi connectivity index (χ4v) is 6.66. The lowest BCUT2D eigenvalue weighted by molar-refractivity contribution is -0.274. The van der Waals surface area contributed by atoms with Gasteiger partial charge in [-0.05, 0) is 50.8 Å². The van der Waals surface area contributed by atoms with E-state index < -0.39 is 30.9 Å². The van der Waals surface area contributed by atoms with Gasteiger partial charge < -0.3 is 41.0 Å². The van der Waals surface area contributed by atoms with Crippen molar-refractivity contribution in [1.29, 1.82) is 0 Å². The van der Waals surface area contributed by atoms with E-state index in [9.17, 15) is 23.4 Å². The molecule has 1 aliphatic carbocycles. The van der Waals surface area contributed by atoms with Crippen LogP contribution in [0.2, 0.25) is 0 Å². The molecular weight excluding hydrogens is 533 g/mol. The van der Waals surface area contributed by atoms with Crippen LogP contribution in [0.4, 0.5) is 24.5 Å².